The Balaban J connectivity index is 1.98. The molecule has 0 spiro atoms. The minimum atomic E-state index is -0.440. The minimum Gasteiger partial charge on any atom is -0.444 e. The molecule has 1 fully saturated rings. The van der Waals surface area contributed by atoms with Gasteiger partial charge in [0.05, 0.1) is 0 Å². The summed E-state index contributed by atoms with van der Waals surface area (Å²) in [5, 5.41) is 0. The van der Waals surface area contributed by atoms with Crippen LogP contribution in [0, 0.1) is 0 Å². The summed E-state index contributed by atoms with van der Waals surface area (Å²) in [6.45, 7) is 9.16. The minimum absolute atomic E-state index is 0.00457. The van der Waals surface area contributed by atoms with Crippen LogP contribution in [0.2, 0.25) is 0 Å². The summed E-state index contributed by atoms with van der Waals surface area (Å²) >= 11 is 0. The van der Waals surface area contributed by atoms with Crippen molar-refractivity contribution < 1.29 is 9.53 Å². The lowest BCUT2D eigenvalue weighted by atomic mass is 9.76. The highest BCUT2D eigenvalue weighted by Crippen LogP contribution is 2.35. The Hall–Kier alpha value is -1.71. The maximum atomic E-state index is 11.9. The predicted octanol–water partition coefficient (Wildman–Crippen LogP) is 2.78. The van der Waals surface area contributed by atoms with Crippen LogP contribution < -0.4 is 5.73 Å². The molecule has 4 heteroatoms. The Bertz CT molecular complexity index is 468. The first-order valence-corrected chi connectivity index (χ1v) is 6.54. The van der Waals surface area contributed by atoms with E-state index in [2.05, 4.69) is 6.92 Å². The summed E-state index contributed by atoms with van der Waals surface area (Å²) < 4.78 is 5.36. The number of likely N-dealkylation sites (tertiary alicyclic amines) is 1. The van der Waals surface area contributed by atoms with Crippen molar-refractivity contribution in [2.75, 3.05) is 18.8 Å². The van der Waals surface area contributed by atoms with Crippen molar-refractivity contribution in [3.63, 3.8) is 0 Å². The van der Waals surface area contributed by atoms with Crippen LogP contribution in [-0.2, 0) is 10.2 Å². The third-order valence-corrected chi connectivity index (χ3v) is 3.34. The first-order valence-electron chi connectivity index (χ1n) is 6.54. The van der Waals surface area contributed by atoms with Gasteiger partial charge in [-0.1, -0.05) is 19.1 Å². The van der Waals surface area contributed by atoms with Gasteiger partial charge >= 0.3 is 6.09 Å². The Morgan fingerprint density at radius 3 is 2.26 bits per heavy atom. The summed E-state index contributed by atoms with van der Waals surface area (Å²) in [5.74, 6) is 0. The van der Waals surface area contributed by atoms with Crippen LogP contribution in [0.15, 0.2) is 24.3 Å². The monoisotopic (exact) mass is 262 g/mol. The van der Waals surface area contributed by atoms with Crippen molar-refractivity contribution in [1.82, 2.24) is 4.90 Å². The molecule has 4 nitrogen and oxygen atoms in total. The van der Waals surface area contributed by atoms with Gasteiger partial charge in [0.15, 0.2) is 0 Å². The molecule has 1 saturated heterocycles. The zero-order valence-corrected chi connectivity index (χ0v) is 12.1. The fourth-order valence-corrected chi connectivity index (χ4v) is 2.32. The zero-order valence-electron chi connectivity index (χ0n) is 12.1. The lowest BCUT2D eigenvalue weighted by molar-refractivity contribution is -0.00650. The van der Waals surface area contributed by atoms with Gasteiger partial charge in [0.2, 0.25) is 0 Å². The van der Waals surface area contributed by atoms with Crippen molar-refractivity contribution >= 4 is 11.8 Å². The van der Waals surface area contributed by atoms with Crippen molar-refractivity contribution in [2.24, 2.45) is 0 Å². The van der Waals surface area contributed by atoms with Crippen molar-refractivity contribution in [3.8, 4) is 0 Å². The first-order chi connectivity index (χ1) is 8.70. The van der Waals surface area contributed by atoms with Gasteiger partial charge in [-0.25, -0.2) is 4.79 Å². The highest BCUT2D eigenvalue weighted by Gasteiger charge is 2.43. The van der Waals surface area contributed by atoms with E-state index in [0.717, 1.165) is 5.69 Å². The van der Waals surface area contributed by atoms with Gasteiger partial charge in [-0.15, -0.1) is 0 Å². The molecule has 1 heterocycles. The maximum Gasteiger partial charge on any atom is 0.410 e. The van der Waals surface area contributed by atoms with E-state index in [1.54, 1.807) is 4.90 Å². The number of nitrogens with zero attached hydrogens (tertiary/aromatic N) is 1. The molecule has 0 aromatic heterocycles. The van der Waals surface area contributed by atoms with Crippen molar-refractivity contribution in [1.29, 1.82) is 0 Å². The lowest BCUT2D eigenvalue weighted by Gasteiger charge is -2.48. The van der Waals surface area contributed by atoms with E-state index >= 15 is 0 Å². The molecule has 0 bridgehead atoms. The SMILES string of the molecule is CC(C)(C)OC(=O)N1CC(C)(c2ccc(N)cc2)C1. The molecule has 1 aromatic rings. The molecule has 1 aliphatic rings. The van der Waals surface area contributed by atoms with Crippen LogP contribution in [0.3, 0.4) is 0 Å². The van der Waals surface area contributed by atoms with Crippen molar-refractivity contribution in [2.45, 2.75) is 38.7 Å². The highest BCUT2D eigenvalue weighted by atomic mass is 16.6. The summed E-state index contributed by atoms with van der Waals surface area (Å²) in [6.07, 6.45) is -0.236. The number of rotatable bonds is 1. The van der Waals surface area contributed by atoms with Crippen LogP contribution in [0.1, 0.15) is 33.3 Å². The van der Waals surface area contributed by atoms with Crippen LogP contribution >= 0.6 is 0 Å². The summed E-state index contributed by atoms with van der Waals surface area (Å²) in [5.41, 5.74) is 7.22. The van der Waals surface area contributed by atoms with Crippen LogP contribution in [0.4, 0.5) is 10.5 Å². The molecule has 104 valence electrons. The van der Waals surface area contributed by atoms with Gasteiger partial charge in [0.25, 0.3) is 0 Å². The fraction of sp³-hybridized carbons (Fsp3) is 0.533. The molecule has 1 aliphatic heterocycles. The Morgan fingerprint density at radius 1 is 1.26 bits per heavy atom. The standard InChI is InChI=1S/C15H22N2O2/c1-14(2,3)19-13(18)17-9-15(4,10-17)11-5-7-12(16)8-6-11/h5-8H,9-10,16H2,1-4H3. The predicted molar refractivity (Wildman–Crippen MR) is 76.0 cm³/mol. The largest absolute Gasteiger partial charge is 0.444 e. The Morgan fingerprint density at radius 2 is 1.79 bits per heavy atom. The second-order valence-corrected chi connectivity index (χ2v) is 6.52. The van der Waals surface area contributed by atoms with Gasteiger partial charge in [-0.05, 0) is 38.5 Å². The molecule has 2 rings (SSSR count). The maximum absolute atomic E-state index is 11.9. The molecule has 1 amide bonds. The zero-order chi connectivity index (χ0) is 14.3. The smallest absolute Gasteiger partial charge is 0.410 e. The molecular formula is C15H22N2O2. The molecule has 0 aliphatic carbocycles. The topological polar surface area (TPSA) is 55.6 Å². The van der Waals surface area contributed by atoms with E-state index < -0.39 is 5.60 Å². The summed E-state index contributed by atoms with van der Waals surface area (Å²) in [4.78, 5) is 13.6. The number of amides is 1. The molecule has 0 atom stereocenters. The van der Waals surface area contributed by atoms with Gasteiger partial charge in [0, 0.05) is 24.2 Å². The van der Waals surface area contributed by atoms with Gasteiger partial charge in [-0.3, -0.25) is 0 Å². The van der Waals surface area contributed by atoms with Gasteiger partial charge in [-0.2, -0.15) is 0 Å². The Kier molecular flexibility index (Phi) is 3.20. The quantitative estimate of drug-likeness (QED) is 0.792. The first kappa shape index (κ1) is 13.7. The normalized spacial score (nSPS) is 17.8. The number of nitrogens with two attached hydrogens (primary N) is 1. The number of anilines is 1. The van der Waals surface area contributed by atoms with Crippen LogP contribution in [0.5, 0.6) is 0 Å². The van der Waals surface area contributed by atoms with E-state index in [9.17, 15) is 4.79 Å². The average Bonchev–Trinajstić information content (AvgIpc) is 2.23. The Labute approximate surface area is 114 Å². The van der Waals surface area contributed by atoms with E-state index in [-0.39, 0.29) is 11.5 Å². The van der Waals surface area contributed by atoms with Crippen molar-refractivity contribution in [3.05, 3.63) is 29.8 Å². The fourth-order valence-electron chi connectivity index (χ4n) is 2.32. The molecule has 2 N–H and O–H groups in total. The molecule has 19 heavy (non-hydrogen) atoms. The summed E-state index contributed by atoms with van der Waals surface area (Å²) in [7, 11) is 0. The van der Waals surface area contributed by atoms with Crippen LogP contribution in [-0.4, -0.2) is 29.7 Å². The number of carbonyl (C=O) groups excluding carboxylic acids is 1. The average molecular weight is 262 g/mol. The third-order valence-electron chi connectivity index (χ3n) is 3.34. The second kappa shape index (κ2) is 4.44. The number of hydrogen-bond acceptors (Lipinski definition) is 3. The van der Waals surface area contributed by atoms with Gasteiger partial charge < -0.3 is 15.4 Å². The van der Waals surface area contributed by atoms with Gasteiger partial charge in [0.1, 0.15) is 5.60 Å². The van der Waals surface area contributed by atoms with E-state index in [1.807, 2.05) is 45.0 Å². The number of nitrogen functional groups attached to an aromatic ring is 1. The number of hydrogen-bond donors (Lipinski definition) is 1. The molecule has 0 radical (unpaired) electrons. The molecule has 0 unspecified atom stereocenters. The van der Waals surface area contributed by atoms with E-state index in [1.165, 1.54) is 5.56 Å². The molecule has 0 saturated carbocycles. The summed E-state index contributed by atoms with van der Waals surface area (Å²) in [6, 6.07) is 7.86. The van der Waals surface area contributed by atoms with Crippen LogP contribution in [0.25, 0.3) is 0 Å². The highest BCUT2D eigenvalue weighted by molar-refractivity contribution is 5.70. The lowest BCUT2D eigenvalue weighted by Crippen LogP contribution is -2.60. The third kappa shape index (κ3) is 3.00. The number of ether oxygens (including phenoxy) is 1. The van der Waals surface area contributed by atoms with E-state index in [0.29, 0.717) is 13.1 Å². The molecule has 1 aromatic carbocycles. The second-order valence-electron chi connectivity index (χ2n) is 6.52. The van der Waals surface area contributed by atoms with E-state index in [4.69, 9.17) is 10.5 Å². The molecular weight excluding hydrogens is 240 g/mol. The number of carbonyl (C=O) groups is 1. The number of benzene rings is 1.